The number of nitriles is 1. The summed E-state index contributed by atoms with van der Waals surface area (Å²) in [5.41, 5.74) is 0.242. The van der Waals surface area contributed by atoms with Crippen molar-refractivity contribution >= 4 is 5.91 Å². The van der Waals surface area contributed by atoms with Crippen molar-refractivity contribution in [1.82, 2.24) is 5.32 Å². The fraction of sp³-hybridized carbons (Fsp3) is 0.364. The monoisotopic (exact) mass is 412 g/mol. The normalized spacial score (nSPS) is 19.0. The molecular formula is C22H24N2O6. The summed E-state index contributed by atoms with van der Waals surface area (Å²) in [6, 6.07) is 9.23. The van der Waals surface area contributed by atoms with Crippen LogP contribution < -0.4 is 24.3 Å². The van der Waals surface area contributed by atoms with Crippen molar-refractivity contribution in [1.29, 1.82) is 5.26 Å². The molecule has 2 atom stereocenters. The number of nitrogens with zero attached hydrogens (tertiary/aromatic N) is 1. The maximum atomic E-state index is 13.1. The molecule has 0 radical (unpaired) electrons. The van der Waals surface area contributed by atoms with Crippen molar-refractivity contribution in [2.24, 2.45) is 0 Å². The van der Waals surface area contributed by atoms with Crippen LogP contribution in [0.1, 0.15) is 41.4 Å². The van der Waals surface area contributed by atoms with E-state index in [2.05, 4.69) is 11.4 Å². The molecule has 158 valence electrons. The lowest BCUT2D eigenvalue weighted by Crippen LogP contribution is -2.53. The van der Waals surface area contributed by atoms with E-state index in [1.807, 2.05) is 0 Å². The van der Waals surface area contributed by atoms with Gasteiger partial charge in [-0.15, -0.1) is 0 Å². The summed E-state index contributed by atoms with van der Waals surface area (Å²) in [6.07, 6.45) is -1.05. The predicted octanol–water partition coefficient (Wildman–Crippen LogP) is 2.59. The maximum Gasteiger partial charge on any atom is 0.252 e. The molecule has 8 heteroatoms. The highest BCUT2D eigenvalue weighted by atomic mass is 16.5. The molecule has 0 bridgehead atoms. The highest BCUT2D eigenvalue weighted by molar-refractivity contribution is 5.96. The summed E-state index contributed by atoms with van der Waals surface area (Å²) in [7, 11) is 4.40. The van der Waals surface area contributed by atoms with E-state index in [1.54, 1.807) is 32.0 Å². The van der Waals surface area contributed by atoms with Crippen molar-refractivity contribution in [3.05, 3.63) is 47.0 Å². The first kappa shape index (κ1) is 21.3. The second-order valence-electron chi connectivity index (χ2n) is 7.38. The van der Waals surface area contributed by atoms with Gasteiger partial charge in [0.25, 0.3) is 5.91 Å². The second-order valence-corrected chi connectivity index (χ2v) is 7.38. The van der Waals surface area contributed by atoms with Crippen molar-refractivity contribution in [2.75, 3.05) is 21.3 Å². The number of ether oxygens (including phenoxy) is 4. The summed E-state index contributed by atoms with van der Waals surface area (Å²) in [6.45, 7) is 3.47. The third-order valence-electron chi connectivity index (χ3n) is 5.09. The van der Waals surface area contributed by atoms with E-state index in [0.29, 0.717) is 34.1 Å². The average Bonchev–Trinajstić information content (AvgIpc) is 2.75. The Bertz CT molecular complexity index is 986. The lowest BCUT2D eigenvalue weighted by Gasteiger charge is -2.42. The van der Waals surface area contributed by atoms with Gasteiger partial charge in [-0.1, -0.05) is 0 Å². The van der Waals surface area contributed by atoms with Crippen LogP contribution in [0.25, 0.3) is 0 Å². The van der Waals surface area contributed by atoms with Crippen LogP contribution in [0.3, 0.4) is 0 Å². The van der Waals surface area contributed by atoms with E-state index in [4.69, 9.17) is 18.9 Å². The minimum absolute atomic E-state index is 0.263. The number of hydrogen-bond donors (Lipinski definition) is 2. The molecule has 2 N–H and O–H groups in total. The number of hydrogen-bond acceptors (Lipinski definition) is 7. The standard InChI is InChI=1S/C22H24N2O6/c1-22(2)20(25)18(14-8-12(11-23)6-7-15(14)30-22)24-21(26)13-9-16(27-3)19(29-5)17(10-13)28-4/h6-10,18,20,25H,1-5H3,(H,24,26)/t18-,20+/m1/s1. The van der Waals surface area contributed by atoms with Gasteiger partial charge in [-0.2, -0.15) is 5.26 Å². The largest absolute Gasteiger partial charge is 0.493 e. The van der Waals surface area contributed by atoms with Gasteiger partial charge in [-0.05, 0) is 44.2 Å². The minimum Gasteiger partial charge on any atom is -0.493 e. The lowest BCUT2D eigenvalue weighted by atomic mass is 9.85. The Morgan fingerprint density at radius 2 is 1.77 bits per heavy atom. The van der Waals surface area contributed by atoms with E-state index in [-0.39, 0.29) is 5.56 Å². The molecule has 2 aromatic rings. The van der Waals surface area contributed by atoms with Gasteiger partial charge in [-0.25, -0.2) is 0 Å². The van der Waals surface area contributed by atoms with Gasteiger partial charge in [0, 0.05) is 11.1 Å². The lowest BCUT2D eigenvalue weighted by molar-refractivity contribution is -0.0627. The van der Waals surface area contributed by atoms with Gasteiger partial charge in [0.2, 0.25) is 5.75 Å². The number of fused-ring (bicyclic) bond motifs is 1. The van der Waals surface area contributed by atoms with Crippen molar-refractivity contribution in [3.8, 4) is 29.1 Å². The van der Waals surface area contributed by atoms with Gasteiger partial charge in [0.15, 0.2) is 11.5 Å². The summed E-state index contributed by atoms with van der Waals surface area (Å²) in [4.78, 5) is 13.1. The van der Waals surface area contributed by atoms with E-state index in [0.717, 1.165) is 0 Å². The first-order chi connectivity index (χ1) is 14.2. The summed E-state index contributed by atoms with van der Waals surface area (Å²) >= 11 is 0. The molecule has 1 aliphatic rings. The average molecular weight is 412 g/mol. The van der Waals surface area contributed by atoms with E-state index in [9.17, 15) is 15.2 Å². The van der Waals surface area contributed by atoms with Crippen LogP contribution in [0.15, 0.2) is 30.3 Å². The van der Waals surface area contributed by atoms with Gasteiger partial charge < -0.3 is 29.4 Å². The van der Waals surface area contributed by atoms with Gasteiger partial charge >= 0.3 is 0 Å². The first-order valence-corrected chi connectivity index (χ1v) is 9.27. The Balaban J connectivity index is 2.01. The number of carbonyl (C=O) groups is 1. The molecule has 3 rings (SSSR count). The zero-order valence-electron chi connectivity index (χ0n) is 17.5. The third kappa shape index (κ3) is 3.72. The van der Waals surface area contributed by atoms with Gasteiger partial charge in [-0.3, -0.25) is 4.79 Å². The minimum atomic E-state index is -1.05. The number of aliphatic hydroxyl groups excluding tert-OH is 1. The molecule has 1 aliphatic heterocycles. The van der Waals surface area contributed by atoms with Crippen molar-refractivity contribution < 1.29 is 28.8 Å². The molecule has 8 nitrogen and oxygen atoms in total. The maximum absolute atomic E-state index is 13.1. The Morgan fingerprint density at radius 3 is 2.30 bits per heavy atom. The predicted molar refractivity (Wildman–Crippen MR) is 108 cm³/mol. The molecule has 0 unspecified atom stereocenters. The van der Waals surface area contributed by atoms with Crippen LogP contribution in [-0.2, 0) is 0 Å². The molecule has 0 spiro atoms. The fourth-order valence-electron chi connectivity index (χ4n) is 3.46. The zero-order chi connectivity index (χ0) is 22.1. The highest BCUT2D eigenvalue weighted by Gasteiger charge is 2.43. The van der Waals surface area contributed by atoms with E-state index in [1.165, 1.54) is 33.5 Å². The number of rotatable bonds is 5. The number of carbonyl (C=O) groups excluding carboxylic acids is 1. The molecule has 1 amide bonds. The molecule has 2 aromatic carbocycles. The Kier molecular flexibility index (Phi) is 5.76. The van der Waals surface area contributed by atoms with Crippen LogP contribution in [0.2, 0.25) is 0 Å². The molecule has 0 saturated carbocycles. The van der Waals surface area contributed by atoms with E-state index >= 15 is 0 Å². The number of benzene rings is 2. The summed E-state index contributed by atoms with van der Waals surface area (Å²) in [5.74, 6) is 1.08. The Hall–Kier alpha value is -3.44. The number of methoxy groups -OCH3 is 3. The number of nitrogens with one attached hydrogen (secondary N) is 1. The van der Waals surface area contributed by atoms with Gasteiger partial charge in [0.1, 0.15) is 17.5 Å². The van der Waals surface area contributed by atoms with Crippen molar-refractivity contribution in [3.63, 3.8) is 0 Å². The molecule has 0 fully saturated rings. The van der Waals surface area contributed by atoms with Crippen LogP contribution >= 0.6 is 0 Å². The highest BCUT2D eigenvalue weighted by Crippen LogP contribution is 2.41. The third-order valence-corrected chi connectivity index (χ3v) is 5.09. The zero-order valence-corrected chi connectivity index (χ0v) is 17.5. The molecule has 0 aromatic heterocycles. The van der Waals surface area contributed by atoms with Crippen molar-refractivity contribution in [2.45, 2.75) is 31.6 Å². The first-order valence-electron chi connectivity index (χ1n) is 9.27. The molecular weight excluding hydrogens is 388 g/mol. The SMILES string of the molecule is COc1cc(C(=O)N[C@@H]2c3cc(C#N)ccc3OC(C)(C)[C@H]2O)cc(OC)c1OC. The quantitative estimate of drug-likeness (QED) is 0.777. The molecule has 1 heterocycles. The van der Waals surface area contributed by atoms with Crippen LogP contribution in [0.5, 0.6) is 23.0 Å². The fourth-order valence-corrected chi connectivity index (χ4v) is 3.46. The number of amides is 1. The molecule has 0 aliphatic carbocycles. The molecule has 0 saturated heterocycles. The summed E-state index contributed by atoms with van der Waals surface area (Å²) in [5, 5.41) is 23.0. The van der Waals surface area contributed by atoms with Crippen LogP contribution in [-0.4, -0.2) is 44.0 Å². The van der Waals surface area contributed by atoms with Gasteiger partial charge in [0.05, 0.1) is 39.0 Å². The Labute approximate surface area is 174 Å². The summed E-state index contributed by atoms with van der Waals surface area (Å²) < 4.78 is 21.8. The topological polar surface area (TPSA) is 110 Å². The number of aliphatic hydroxyl groups is 1. The smallest absolute Gasteiger partial charge is 0.252 e. The molecule has 30 heavy (non-hydrogen) atoms. The second kappa shape index (κ2) is 8.13. The Morgan fingerprint density at radius 1 is 1.13 bits per heavy atom. The van der Waals surface area contributed by atoms with Crippen LogP contribution in [0, 0.1) is 11.3 Å². The van der Waals surface area contributed by atoms with Crippen LogP contribution in [0.4, 0.5) is 0 Å². The van der Waals surface area contributed by atoms with E-state index < -0.39 is 23.7 Å².